The van der Waals surface area contributed by atoms with Gasteiger partial charge in [-0.05, 0) is 30.3 Å². The van der Waals surface area contributed by atoms with Gasteiger partial charge in [-0.25, -0.2) is 4.39 Å². The maximum atomic E-state index is 12.6. The molecular weight excluding hydrogens is 179 g/mol. The molecule has 0 aromatic heterocycles. The minimum Gasteiger partial charge on any atom is -0.457 e. The minimum atomic E-state index is -0.269. The van der Waals surface area contributed by atoms with E-state index in [1.165, 1.54) is 12.1 Å². The molecule has 2 aromatic rings. The number of benzene rings is 2. The first kappa shape index (κ1) is 8.75. The van der Waals surface area contributed by atoms with Crippen LogP contribution in [0.1, 0.15) is 0 Å². The van der Waals surface area contributed by atoms with E-state index in [-0.39, 0.29) is 5.82 Å². The molecule has 0 bridgehead atoms. The molecule has 0 heterocycles. The average Bonchev–Trinajstić information content (AvgIpc) is 2.23. The van der Waals surface area contributed by atoms with Gasteiger partial charge in [-0.3, -0.25) is 0 Å². The summed E-state index contributed by atoms with van der Waals surface area (Å²) in [5.41, 5.74) is 0. The van der Waals surface area contributed by atoms with Crippen LogP contribution in [0.15, 0.2) is 48.5 Å². The number of hydrogen-bond acceptors (Lipinski definition) is 1. The van der Waals surface area contributed by atoms with E-state index in [4.69, 9.17) is 4.74 Å². The van der Waals surface area contributed by atoms with Crippen molar-refractivity contribution < 1.29 is 9.13 Å². The second-order valence-corrected chi connectivity index (χ2v) is 2.78. The van der Waals surface area contributed by atoms with Crippen molar-refractivity contribution in [2.24, 2.45) is 0 Å². The summed E-state index contributed by atoms with van der Waals surface area (Å²) in [7, 11) is 0. The zero-order valence-electron chi connectivity index (χ0n) is 7.41. The van der Waals surface area contributed by atoms with Gasteiger partial charge in [-0.2, -0.15) is 0 Å². The molecule has 0 saturated heterocycles. The fourth-order valence-corrected chi connectivity index (χ4v) is 1.07. The average molecular weight is 187 g/mol. The first-order valence-electron chi connectivity index (χ1n) is 4.25. The fourth-order valence-electron chi connectivity index (χ4n) is 1.07. The highest BCUT2D eigenvalue weighted by Gasteiger charge is 1.96. The molecule has 0 saturated carbocycles. The Kier molecular flexibility index (Phi) is 2.45. The third-order valence-electron chi connectivity index (χ3n) is 1.72. The van der Waals surface area contributed by atoms with Gasteiger partial charge in [-0.15, -0.1) is 0 Å². The molecule has 0 atom stereocenters. The Morgan fingerprint density at radius 2 is 1.79 bits per heavy atom. The SMILES string of the molecule is Fc1ccc(Oc2[c]cccc2)cc1. The first-order valence-corrected chi connectivity index (χ1v) is 4.25. The number of rotatable bonds is 2. The van der Waals surface area contributed by atoms with Crippen LogP contribution in [-0.4, -0.2) is 0 Å². The quantitative estimate of drug-likeness (QED) is 0.700. The highest BCUT2D eigenvalue weighted by atomic mass is 19.1. The summed E-state index contributed by atoms with van der Waals surface area (Å²) in [4.78, 5) is 0. The highest BCUT2D eigenvalue weighted by Crippen LogP contribution is 2.19. The molecule has 0 N–H and O–H groups in total. The van der Waals surface area contributed by atoms with Crippen LogP contribution in [0.3, 0.4) is 0 Å². The fraction of sp³-hybridized carbons (Fsp3) is 0. The monoisotopic (exact) mass is 187 g/mol. The van der Waals surface area contributed by atoms with Gasteiger partial charge < -0.3 is 4.74 Å². The number of para-hydroxylation sites is 1. The van der Waals surface area contributed by atoms with E-state index in [0.29, 0.717) is 11.5 Å². The zero-order chi connectivity index (χ0) is 9.80. The summed E-state index contributed by atoms with van der Waals surface area (Å²) in [6.45, 7) is 0. The Bertz CT molecular complexity index is 394. The van der Waals surface area contributed by atoms with Crippen LogP contribution in [0.4, 0.5) is 4.39 Å². The molecule has 0 aliphatic carbocycles. The largest absolute Gasteiger partial charge is 0.457 e. The van der Waals surface area contributed by atoms with Crippen molar-refractivity contribution in [3.8, 4) is 11.5 Å². The Morgan fingerprint density at radius 3 is 2.43 bits per heavy atom. The number of halogens is 1. The van der Waals surface area contributed by atoms with E-state index in [1.54, 1.807) is 24.3 Å². The van der Waals surface area contributed by atoms with Crippen LogP contribution in [0, 0.1) is 11.9 Å². The van der Waals surface area contributed by atoms with E-state index in [0.717, 1.165) is 0 Å². The van der Waals surface area contributed by atoms with Gasteiger partial charge in [0.2, 0.25) is 0 Å². The van der Waals surface area contributed by atoms with Gasteiger partial charge in [0.25, 0.3) is 0 Å². The lowest BCUT2D eigenvalue weighted by Crippen LogP contribution is -1.83. The van der Waals surface area contributed by atoms with Crippen molar-refractivity contribution in [2.45, 2.75) is 0 Å². The van der Waals surface area contributed by atoms with Crippen LogP contribution in [-0.2, 0) is 0 Å². The first-order chi connectivity index (χ1) is 6.84. The van der Waals surface area contributed by atoms with Gasteiger partial charge in [0, 0.05) is 6.07 Å². The number of hydrogen-bond donors (Lipinski definition) is 0. The molecule has 69 valence electrons. The molecule has 2 rings (SSSR count). The lowest BCUT2D eigenvalue weighted by molar-refractivity contribution is 0.479. The summed E-state index contributed by atoms with van der Waals surface area (Å²) in [6.07, 6.45) is 0. The molecular formula is C12H8FO. The predicted molar refractivity (Wildman–Crippen MR) is 51.8 cm³/mol. The Labute approximate surface area is 81.8 Å². The van der Waals surface area contributed by atoms with E-state index in [1.807, 2.05) is 12.1 Å². The zero-order valence-corrected chi connectivity index (χ0v) is 7.41. The molecule has 1 radical (unpaired) electrons. The Balaban J connectivity index is 2.16. The third kappa shape index (κ3) is 2.10. The summed E-state index contributed by atoms with van der Waals surface area (Å²) >= 11 is 0. The highest BCUT2D eigenvalue weighted by molar-refractivity contribution is 5.29. The molecule has 2 aromatic carbocycles. The molecule has 0 aliphatic heterocycles. The molecule has 0 aliphatic rings. The van der Waals surface area contributed by atoms with Gasteiger partial charge in [-0.1, -0.05) is 18.2 Å². The van der Waals surface area contributed by atoms with Crippen LogP contribution in [0.2, 0.25) is 0 Å². The van der Waals surface area contributed by atoms with E-state index in [2.05, 4.69) is 6.07 Å². The molecule has 1 nitrogen and oxygen atoms in total. The predicted octanol–water partition coefficient (Wildman–Crippen LogP) is 3.42. The van der Waals surface area contributed by atoms with E-state index in [9.17, 15) is 4.39 Å². The summed E-state index contributed by atoms with van der Waals surface area (Å²) in [5.74, 6) is 0.961. The normalized spacial score (nSPS) is 9.79. The van der Waals surface area contributed by atoms with Crippen molar-refractivity contribution >= 4 is 0 Å². The molecule has 0 unspecified atom stereocenters. The van der Waals surface area contributed by atoms with Crippen molar-refractivity contribution in [3.63, 3.8) is 0 Å². The molecule has 0 spiro atoms. The second kappa shape index (κ2) is 3.92. The van der Waals surface area contributed by atoms with Crippen molar-refractivity contribution in [1.29, 1.82) is 0 Å². The minimum absolute atomic E-state index is 0.269. The van der Waals surface area contributed by atoms with Gasteiger partial charge in [0.15, 0.2) is 0 Å². The summed E-state index contributed by atoms with van der Waals surface area (Å²) < 4.78 is 18.0. The van der Waals surface area contributed by atoms with Gasteiger partial charge >= 0.3 is 0 Å². The third-order valence-corrected chi connectivity index (χ3v) is 1.72. The maximum absolute atomic E-state index is 12.6. The standard InChI is InChI=1S/C12H8FO/c13-10-6-8-12(9-7-10)14-11-4-2-1-3-5-11/h1-4,6-9H. The van der Waals surface area contributed by atoms with E-state index >= 15 is 0 Å². The van der Waals surface area contributed by atoms with Crippen LogP contribution >= 0.6 is 0 Å². The van der Waals surface area contributed by atoms with Crippen LogP contribution in [0.5, 0.6) is 11.5 Å². The molecule has 2 heteroatoms. The number of ether oxygens (including phenoxy) is 1. The Morgan fingerprint density at radius 1 is 1.00 bits per heavy atom. The smallest absolute Gasteiger partial charge is 0.135 e. The van der Waals surface area contributed by atoms with Gasteiger partial charge in [0.05, 0.1) is 0 Å². The molecule has 0 amide bonds. The Hall–Kier alpha value is -1.83. The van der Waals surface area contributed by atoms with Crippen molar-refractivity contribution in [1.82, 2.24) is 0 Å². The molecule has 0 fully saturated rings. The van der Waals surface area contributed by atoms with Gasteiger partial charge in [0.1, 0.15) is 17.3 Å². The summed E-state index contributed by atoms with van der Waals surface area (Å²) in [5, 5.41) is 0. The molecule has 14 heavy (non-hydrogen) atoms. The lowest BCUT2D eigenvalue weighted by Gasteiger charge is -2.03. The topological polar surface area (TPSA) is 9.23 Å². The summed E-state index contributed by atoms with van der Waals surface area (Å²) in [6, 6.07) is 16.1. The lowest BCUT2D eigenvalue weighted by atomic mass is 10.3. The second-order valence-electron chi connectivity index (χ2n) is 2.78. The van der Waals surface area contributed by atoms with E-state index < -0.39 is 0 Å². The van der Waals surface area contributed by atoms with Crippen LogP contribution in [0.25, 0.3) is 0 Å². The van der Waals surface area contributed by atoms with Crippen LogP contribution < -0.4 is 4.74 Å². The van der Waals surface area contributed by atoms with Crippen molar-refractivity contribution in [2.75, 3.05) is 0 Å². The van der Waals surface area contributed by atoms with Crippen molar-refractivity contribution in [3.05, 3.63) is 60.4 Å². The maximum Gasteiger partial charge on any atom is 0.135 e.